The van der Waals surface area contributed by atoms with Crippen LogP contribution in [0.25, 0.3) is 0 Å². The summed E-state index contributed by atoms with van der Waals surface area (Å²) < 4.78 is 13.5. The lowest BCUT2D eigenvalue weighted by atomic mass is 9.98. The van der Waals surface area contributed by atoms with Gasteiger partial charge < -0.3 is 15.1 Å². The number of carbonyl (C=O) groups excluding carboxylic acids is 1. The molecule has 7 heteroatoms. The van der Waals surface area contributed by atoms with Gasteiger partial charge >= 0.3 is 6.03 Å². The fourth-order valence-electron chi connectivity index (χ4n) is 3.49. The van der Waals surface area contributed by atoms with Crippen molar-refractivity contribution in [2.75, 3.05) is 26.7 Å². The van der Waals surface area contributed by atoms with E-state index < -0.39 is 0 Å². The van der Waals surface area contributed by atoms with Crippen LogP contribution in [0.1, 0.15) is 22.7 Å². The summed E-state index contributed by atoms with van der Waals surface area (Å²) >= 11 is 12.1. The van der Waals surface area contributed by atoms with Gasteiger partial charge in [0.15, 0.2) is 0 Å². The number of carbonyl (C=O) groups is 1. The Morgan fingerprint density at radius 3 is 2.63 bits per heavy atom. The number of aryl methyl sites for hydroxylation is 1. The molecule has 1 aliphatic heterocycles. The van der Waals surface area contributed by atoms with Crippen molar-refractivity contribution in [3.8, 4) is 0 Å². The van der Waals surface area contributed by atoms with E-state index in [2.05, 4.69) is 5.32 Å². The number of piperazine rings is 1. The van der Waals surface area contributed by atoms with Gasteiger partial charge in [-0.2, -0.15) is 0 Å². The van der Waals surface area contributed by atoms with Gasteiger partial charge in [-0.25, -0.2) is 9.18 Å². The molecule has 1 saturated heterocycles. The van der Waals surface area contributed by atoms with Crippen molar-refractivity contribution in [2.45, 2.75) is 19.5 Å². The number of halogens is 3. The van der Waals surface area contributed by atoms with Crippen molar-refractivity contribution in [3.63, 3.8) is 0 Å². The van der Waals surface area contributed by atoms with E-state index in [-0.39, 0.29) is 17.9 Å². The Hall–Kier alpha value is -1.82. The summed E-state index contributed by atoms with van der Waals surface area (Å²) in [5.41, 5.74) is 2.66. The maximum atomic E-state index is 13.5. The standard InChI is InChI=1S/C20H22Cl2FN3O/c1-13-7-17(23)3-4-18(13)19-11-24-5-6-26(19)20(27)25(2)12-14-8-15(21)10-16(22)9-14/h3-4,7-10,19,24H,5-6,11-12H2,1-2H3/t19-/m1/s1. The smallest absolute Gasteiger partial charge is 0.320 e. The van der Waals surface area contributed by atoms with Crippen LogP contribution in [0, 0.1) is 12.7 Å². The number of nitrogens with zero attached hydrogens (tertiary/aromatic N) is 2. The Kier molecular flexibility index (Phi) is 6.25. The molecule has 2 aromatic rings. The lowest BCUT2D eigenvalue weighted by Crippen LogP contribution is -2.52. The molecule has 1 atom stereocenters. The van der Waals surface area contributed by atoms with Gasteiger partial charge in [-0.3, -0.25) is 0 Å². The van der Waals surface area contributed by atoms with Gasteiger partial charge in [-0.05, 0) is 53.9 Å². The molecule has 0 unspecified atom stereocenters. The average Bonchev–Trinajstić information content (AvgIpc) is 2.60. The molecule has 27 heavy (non-hydrogen) atoms. The molecule has 0 aromatic heterocycles. The number of amides is 2. The second-order valence-corrected chi connectivity index (χ2v) is 7.70. The van der Waals surface area contributed by atoms with E-state index in [0.29, 0.717) is 29.7 Å². The third-order valence-corrected chi connectivity index (χ3v) is 5.19. The van der Waals surface area contributed by atoms with Crippen LogP contribution >= 0.6 is 23.2 Å². The molecule has 2 aromatic carbocycles. The minimum Gasteiger partial charge on any atom is -0.323 e. The van der Waals surface area contributed by atoms with E-state index in [1.54, 1.807) is 36.2 Å². The van der Waals surface area contributed by atoms with E-state index in [4.69, 9.17) is 23.2 Å². The molecule has 0 bridgehead atoms. The van der Waals surface area contributed by atoms with Crippen molar-refractivity contribution < 1.29 is 9.18 Å². The quantitative estimate of drug-likeness (QED) is 0.801. The molecular formula is C20H22Cl2FN3O. The van der Waals surface area contributed by atoms with Crippen LogP contribution in [-0.2, 0) is 6.54 Å². The Morgan fingerprint density at radius 1 is 1.26 bits per heavy atom. The highest BCUT2D eigenvalue weighted by Crippen LogP contribution is 2.27. The monoisotopic (exact) mass is 409 g/mol. The minimum atomic E-state index is -0.271. The Morgan fingerprint density at radius 2 is 1.96 bits per heavy atom. The number of nitrogens with one attached hydrogen (secondary N) is 1. The molecule has 2 amide bonds. The van der Waals surface area contributed by atoms with Crippen molar-refractivity contribution >= 4 is 29.2 Å². The van der Waals surface area contributed by atoms with E-state index in [0.717, 1.165) is 23.2 Å². The highest BCUT2D eigenvalue weighted by atomic mass is 35.5. The van der Waals surface area contributed by atoms with Gasteiger partial charge in [0.1, 0.15) is 5.82 Å². The van der Waals surface area contributed by atoms with E-state index >= 15 is 0 Å². The summed E-state index contributed by atoms with van der Waals surface area (Å²) in [5, 5.41) is 4.41. The normalized spacial score (nSPS) is 17.1. The molecule has 1 aliphatic rings. The molecular weight excluding hydrogens is 388 g/mol. The first-order chi connectivity index (χ1) is 12.8. The molecule has 0 radical (unpaired) electrons. The number of hydrogen-bond acceptors (Lipinski definition) is 2. The molecule has 4 nitrogen and oxygen atoms in total. The van der Waals surface area contributed by atoms with Gasteiger partial charge in [-0.15, -0.1) is 0 Å². The van der Waals surface area contributed by atoms with Crippen LogP contribution < -0.4 is 5.32 Å². The fraction of sp³-hybridized carbons (Fsp3) is 0.350. The maximum Gasteiger partial charge on any atom is 0.320 e. The summed E-state index contributed by atoms with van der Waals surface area (Å²) in [6, 6.07) is 9.75. The first kappa shape index (κ1) is 19.9. The zero-order valence-corrected chi connectivity index (χ0v) is 16.8. The summed E-state index contributed by atoms with van der Waals surface area (Å²) in [4.78, 5) is 16.6. The maximum absolute atomic E-state index is 13.5. The third kappa shape index (κ3) is 4.72. The van der Waals surface area contributed by atoms with Gasteiger partial charge in [0.05, 0.1) is 6.04 Å². The first-order valence-electron chi connectivity index (χ1n) is 8.78. The zero-order valence-electron chi connectivity index (χ0n) is 15.3. The van der Waals surface area contributed by atoms with Gasteiger partial charge in [-0.1, -0.05) is 29.3 Å². The van der Waals surface area contributed by atoms with Crippen LogP contribution in [0.5, 0.6) is 0 Å². The summed E-state index contributed by atoms with van der Waals surface area (Å²) in [6.45, 7) is 4.21. The van der Waals surface area contributed by atoms with Crippen molar-refractivity contribution in [3.05, 3.63) is 69.0 Å². The molecule has 1 N–H and O–H groups in total. The number of rotatable bonds is 3. The van der Waals surface area contributed by atoms with Crippen LogP contribution in [0.15, 0.2) is 36.4 Å². The number of benzene rings is 2. The molecule has 3 rings (SSSR count). The van der Waals surface area contributed by atoms with Crippen LogP contribution in [0.2, 0.25) is 10.0 Å². The second kappa shape index (κ2) is 8.46. The second-order valence-electron chi connectivity index (χ2n) is 6.83. The predicted molar refractivity (Wildman–Crippen MR) is 107 cm³/mol. The largest absolute Gasteiger partial charge is 0.323 e. The van der Waals surface area contributed by atoms with Crippen LogP contribution in [-0.4, -0.2) is 42.5 Å². The SMILES string of the molecule is Cc1cc(F)ccc1[C@H]1CNCCN1C(=O)N(C)Cc1cc(Cl)cc(Cl)c1. The lowest BCUT2D eigenvalue weighted by molar-refractivity contribution is 0.126. The van der Waals surface area contributed by atoms with Crippen LogP contribution in [0.4, 0.5) is 9.18 Å². The van der Waals surface area contributed by atoms with E-state index in [9.17, 15) is 9.18 Å². The Balaban J connectivity index is 1.80. The molecule has 0 spiro atoms. The van der Waals surface area contributed by atoms with Crippen LogP contribution in [0.3, 0.4) is 0 Å². The van der Waals surface area contributed by atoms with Gasteiger partial charge in [0, 0.05) is 43.3 Å². The molecule has 1 heterocycles. The summed E-state index contributed by atoms with van der Waals surface area (Å²) in [7, 11) is 1.76. The number of hydrogen-bond donors (Lipinski definition) is 1. The molecule has 0 aliphatic carbocycles. The molecule has 1 fully saturated rings. The zero-order chi connectivity index (χ0) is 19.6. The highest BCUT2D eigenvalue weighted by Gasteiger charge is 2.30. The summed E-state index contributed by atoms with van der Waals surface area (Å²) in [6.07, 6.45) is 0. The molecule has 144 valence electrons. The third-order valence-electron chi connectivity index (χ3n) is 4.75. The van der Waals surface area contributed by atoms with Crippen molar-refractivity contribution in [2.24, 2.45) is 0 Å². The average molecular weight is 410 g/mol. The van der Waals surface area contributed by atoms with E-state index in [1.807, 2.05) is 11.8 Å². The highest BCUT2D eigenvalue weighted by molar-refractivity contribution is 6.34. The lowest BCUT2D eigenvalue weighted by Gasteiger charge is -2.39. The Labute approximate surface area is 168 Å². The molecule has 0 saturated carbocycles. The van der Waals surface area contributed by atoms with Gasteiger partial charge in [0.2, 0.25) is 0 Å². The topological polar surface area (TPSA) is 35.6 Å². The van der Waals surface area contributed by atoms with E-state index in [1.165, 1.54) is 12.1 Å². The van der Waals surface area contributed by atoms with Crippen molar-refractivity contribution in [1.29, 1.82) is 0 Å². The summed E-state index contributed by atoms with van der Waals surface area (Å²) in [5.74, 6) is -0.271. The first-order valence-corrected chi connectivity index (χ1v) is 9.54. The number of urea groups is 1. The van der Waals surface area contributed by atoms with Gasteiger partial charge in [0.25, 0.3) is 0 Å². The predicted octanol–water partition coefficient (Wildman–Crippen LogP) is 4.64. The fourth-order valence-corrected chi connectivity index (χ4v) is 4.06. The minimum absolute atomic E-state index is 0.0821. The van der Waals surface area contributed by atoms with Crippen molar-refractivity contribution in [1.82, 2.24) is 15.1 Å². The Bertz CT molecular complexity index is 826.